The zero-order valence-corrected chi connectivity index (χ0v) is 11.2. The summed E-state index contributed by atoms with van der Waals surface area (Å²) < 4.78 is 0. The number of aliphatic hydroxyl groups is 1. The Morgan fingerprint density at radius 1 is 1.47 bits per heavy atom. The van der Waals surface area contributed by atoms with Crippen LogP contribution in [0.3, 0.4) is 0 Å². The number of likely N-dealkylation sites (N-methyl/N-ethyl adjacent to an activating group) is 1. The summed E-state index contributed by atoms with van der Waals surface area (Å²) in [6.45, 7) is 1.70. The lowest BCUT2D eigenvalue weighted by atomic mass is 9.91. The van der Waals surface area contributed by atoms with Crippen LogP contribution in [0.2, 0.25) is 0 Å². The normalized spacial score (nSPS) is 23.1. The van der Waals surface area contributed by atoms with E-state index in [2.05, 4.69) is 4.98 Å². The Balaban J connectivity index is 2.21. The average Bonchev–Trinajstić information content (AvgIpc) is 2.38. The van der Waals surface area contributed by atoms with Crippen molar-refractivity contribution in [2.75, 3.05) is 11.9 Å². The fraction of sp³-hybridized carbons (Fsp3) is 0.615. The van der Waals surface area contributed by atoms with Crippen molar-refractivity contribution >= 4 is 11.5 Å². The number of hydrogen-bond acceptors (Lipinski definition) is 5. The van der Waals surface area contributed by atoms with Crippen LogP contribution < -0.4 is 4.90 Å². The van der Waals surface area contributed by atoms with Gasteiger partial charge in [-0.05, 0) is 25.8 Å². The maximum absolute atomic E-state index is 10.8. The van der Waals surface area contributed by atoms with E-state index in [1.165, 1.54) is 6.20 Å². The number of nitrogens with zero attached hydrogens (tertiary/aromatic N) is 3. The number of nitro groups is 1. The summed E-state index contributed by atoms with van der Waals surface area (Å²) >= 11 is 0. The molecule has 1 saturated carbocycles. The standard InChI is InChI=1S/C13H19N3O3/c1-9-7-13(14-8-11(9)16(18)19)15(2)10-5-3-4-6-12(10)17/h7-8,10,12,17H,3-6H2,1-2H3. The first-order valence-corrected chi connectivity index (χ1v) is 6.52. The minimum Gasteiger partial charge on any atom is -0.391 e. The molecule has 19 heavy (non-hydrogen) atoms. The summed E-state index contributed by atoms with van der Waals surface area (Å²) in [6, 6.07) is 1.75. The molecule has 2 atom stereocenters. The lowest BCUT2D eigenvalue weighted by Crippen LogP contribution is -2.43. The maximum Gasteiger partial charge on any atom is 0.290 e. The van der Waals surface area contributed by atoms with Crippen molar-refractivity contribution in [1.82, 2.24) is 4.98 Å². The monoisotopic (exact) mass is 265 g/mol. The first kappa shape index (κ1) is 13.7. The van der Waals surface area contributed by atoms with Crippen LogP contribution in [0.15, 0.2) is 12.3 Å². The van der Waals surface area contributed by atoms with Crippen molar-refractivity contribution < 1.29 is 10.0 Å². The van der Waals surface area contributed by atoms with E-state index in [1.54, 1.807) is 13.0 Å². The predicted molar refractivity (Wildman–Crippen MR) is 72.3 cm³/mol. The van der Waals surface area contributed by atoms with Gasteiger partial charge in [-0.15, -0.1) is 0 Å². The zero-order chi connectivity index (χ0) is 14.0. The van der Waals surface area contributed by atoms with Gasteiger partial charge in [-0.1, -0.05) is 12.8 Å². The summed E-state index contributed by atoms with van der Waals surface area (Å²) in [7, 11) is 1.88. The molecule has 0 saturated heterocycles. The van der Waals surface area contributed by atoms with Gasteiger partial charge in [0.05, 0.1) is 17.1 Å². The van der Waals surface area contributed by atoms with Gasteiger partial charge < -0.3 is 10.0 Å². The Morgan fingerprint density at radius 2 is 2.16 bits per heavy atom. The largest absolute Gasteiger partial charge is 0.391 e. The van der Waals surface area contributed by atoms with Gasteiger partial charge in [0.25, 0.3) is 5.69 Å². The van der Waals surface area contributed by atoms with Crippen LogP contribution in [0.25, 0.3) is 0 Å². The number of aromatic nitrogens is 1. The Hall–Kier alpha value is -1.69. The van der Waals surface area contributed by atoms with E-state index >= 15 is 0 Å². The molecule has 1 fully saturated rings. The van der Waals surface area contributed by atoms with E-state index in [1.807, 2.05) is 11.9 Å². The van der Waals surface area contributed by atoms with E-state index in [9.17, 15) is 15.2 Å². The number of aryl methyl sites for hydroxylation is 1. The lowest BCUT2D eigenvalue weighted by Gasteiger charge is -2.35. The highest BCUT2D eigenvalue weighted by Gasteiger charge is 2.28. The molecular formula is C13H19N3O3. The van der Waals surface area contributed by atoms with E-state index in [0.29, 0.717) is 11.4 Å². The molecule has 0 spiro atoms. The highest BCUT2D eigenvalue weighted by atomic mass is 16.6. The van der Waals surface area contributed by atoms with E-state index < -0.39 is 4.92 Å². The fourth-order valence-corrected chi connectivity index (χ4v) is 2.63. The SMILES string of the molecule is Cc1cc(N(C)C2CCCCC2O)ncc1[N+](=O)[O-]. The van der Waals surface area contributed by atoms with Crippen molar-refractivity contribution in [2.24, 2.45) is 0 Å². The molecule has 1 heterocycles. The van der Waals surface area contributed by atoms with Crippen molar-refractivity contribution in [3.8, 4) is 0 Å². The van der Waals surface area contributed by atoms with Gasteiger partial charge in [0.15, 0.2) is 0 Å². The summed E-state index contributed by atoms with van der Waals surface area (Å²) in [5.41, 5.74) is 0.619. The topological polar surface area (TPSA) is 79.5 Å². The van der Waals surface area contributed by atoms with Crippen molar-refractivity contribution in [1.29, 1.82) is 0 Å². The molecule has 1 N–H and O–H groups in total. The first-order valence-electron chi connectivity index (χ1n) is 6.52. The van der Waals surface area contributed by atoms with Gasteiger partial charge in [-0.3, -0.25) is 10.1 Å². The van der Waals surface area contributed by atoms with Crippen LogP contribution in [0, 0.1) is 17.0 Å². The lowest BCUT2D eigenvalue weighted by molar-refractivity contribution is -0.385. The molecule has 1 aliphatic carbocycles. The van der Waals surface area contributed by atoms with Crippen molar-refractivity contribution in [3.05, 3.63) is 27.9 Å². The third kappa shape index (κ3) is 2.84. The molecule has 6 nitrogen and oxygen atoms in total. The number of hydrogen-bond donors (Lipinski definition) is 1. The minimum absolute atomic E-state index is 0.0290. The van der Waals surface area contributed by atoms with Crippen LogP contribution in [-0.2, 0) is 0 Å². The van der Waals surface area contributed by atoms with Gasteiger partial charge in [0.1, 0.15) is 12.0 Å². The van der Waals surface area contributed by atoms with Crippen LogP contribution in [-0.4, -0.2) is 34.2 Å². The van der Waals surface area contributed by atoms with Crippen LogP contribution in [0.5, 0.6) is 0 Å². The quantitative estimate of drug-likeness (QED) is 0.668. The van der Waals surface area contributed by atoms with E-state index in [4.69, 9.17) is 0 Å². The summed E-state index contributed by atoms with van der Waals surface area (Å²) in [5.74, 6) is 0.675. The predicted octanol–water partition coefficient (Wildman–Crippen LogP) is 2.04. The average molecular weight is 265 g/mol. The molecule has 0 bridgehead atoms. The minimum atomic E-state index is -0.429. The number of aliphatic hydroxyl groups excluding tert-OH is 1. The molecule has 1 aromatic rings. The summed E-state index contributed by atoms with van der Waals surface area (Å²) in [5, 5.41) is 20.8. The second-order valence-corrected chi connectivity index (χ2v) is 5.12. The molecule has 2 rings (SSSR count). The second-order valence-electron chi connectivity index (χ2n) is 5.12. The summed E-state index contributed by atoms with van der Waals surface area (Å²) in [4.78, 5) is 16.4. The first-order chi connectivity index (χ1) is 9.00. The number of anilines is 1. The van der Waals surface area contributed by atoms with Gasteiger partial charge in [0, 0.05) is 12.6 Å². The molecule has 0 aliphatic heterocycles. The Kier molecular flexibility index (Phi) is 3.99. The zero-order valence-electron chi connectivity index (χ0n) is 11.2. The molecule has 0 amide bonds. The van der Waals surface area contributed by atoms with Crippen LogP contribution >= 0.6 is 0 Å². The maximum atomic E-state index is 10.8. The molecule has 1 aliphatic rings. The van der Waals surface area contributed by atoms with Gasteiger partial charge >= 0.3 is 0 Å². The Morgan fingerprint density at radius 3 is 2.74 bits per heavy atom. The highest BCUT2D eigenvalue weighted by molar-refractivity contribution is 5.49. The second kappa shape index (κ2) is 5.52. The van der Waals surface area contributed by atoms with E-state index in [-0.39, 0.29) is 17.8 Å². The van der Waals surface area contributed by atoms with E-state index in [0.717, 1.165) is 25.7 Å². The molecule has 6 heteroatoms. The third-order valence-electron chi connectivity index (χ3n) is 3.82. The number of pyridine rings is 1. The number of rotatable bonds is 3. The smallest absolute Gasteiger partial charge is 0.290 e. The van der Waals surface area contributed by atoms with Gasteiger partial charge in [0.2, 0.25) is 0 Å². The third-order valence-corrected chi connectivity index (χ3v) is 3.82. The van der Waals surface area contributed by atoms with Crippen LogP contribution in [0.4, 0.5) is 11.5 Å². The Labute approximate surface area is 112 Å². The van der Waals surface area contributed by atoms with Crippen LogP contribution in [0.1, 0.15) is 31.2 Å². The van der Waals surface area contributed by atoms with Crippen molar-refractivity contribution in [2.45, 2.75) is 44.8 Å². The van der Waals surface area contributed by atoms with Gasteiger partial charge in [-0.25, -0.2) is 4.98 Å². The molecular weight excluding hydrogens is 246 g/mol. The van der Waals surface area contributed by atoms with Crippen molar-refractivity contribution in [3.63, 3.8) is 0 Å². The molecule has 104 valence electrons. The Bertz CT molecular complexity index is 478. The van der Waals surface area contributed by atoms with Gasteiger partial charge in [-0.2, -0.15) is 0 Å². The summed E-state index contributed by atoms with van der Waals surface area (Å²) in [6.07, 6.45) is 4.82. The fourth-order valence-electron chi connectivity index (χ4n) is 2.63. The molecule has 2 unspecified atom stereocenters. The molecule has 0 radical (unpaired) electrons. The highest BCUT2D eigenvalue weighted by Crippen LogP contribution is 2.27. The molecule has 1 aromatic heterocycles. The molecule has 0 aromatic carbocycles.